The van der Waals surface area contributed by atoms with Gasteiger partial charge in [-0.2, -0.15) is 0 Å². The van der Waals surface area contributed by atoms with Crippen molar-refractivity contribution < 1.29 is 4.42 Å². The molecule has 0 fully saturated rings. The first-order chi connectivity index (χ1) is 6.11. The molecular weight excluding hydrogens is 164 g/mol. The monoisotopic (exact) mass is 180 g/mol. The van der Waals surface area contributed by atoms with Crippen LogP contribution in [0.1, 0.15) is 32.6 Å². The number of rotatable bonds is 3. The van der Waals surface area contributed by atoms with Crippen LogP contribution in [0.5, 0.6) is 0 Å². The number of furan rings is 1. The number of nitrogens with two attached hydrogens (primary N) is 1. The van der Waals surface area contributed by atoms with E-state index in [4.69, 9.17) is 10.2 Å². The van der Waals surface area contributed by atoms with Crippen LogP contribution in [0.2, 0.25) is 0 Å². The quantitative estimate of drug-likeness (QED) is 0.573. The van der Waals surface area contributed by atoms with E-state index in [1.807, 2.05) is 32.9 Å². The van der Waals surface area contributed by atoms with Gasteiger partial charge in [0.2, 0.25) is 0 Å². The Morgan fingerprint density at radius 1 is 1.46 bits per heavy atom. The Kier molecular flexibility index (Phi) is 3.12. The van der Waals surface area contributed by atoms with E-state index in [-0.39, 0.29) is 12.0 Å². The molecule has 3 heteroatoms. The van der Waals surface area contributed by atoms with E-state index in [0.717, 1.165) is 5.76 Å². The van der Waals surface area contributed by atoms with Gasteiger partial charge in [0, 0.05) is 5.92 Å². The lowest BCUT2D eigenvalue weighted by atomic mass is 10.2. The first-order valence-corrected chi connectivity index (χ1v) is 4.48. The smallest absolute Gasteiger partial charge is 0.128 e. The SMILES string of the molecule is CC(C)C(N)=NC(C)c1ccco1. The van der Waals surface area contributed by atoms with Gasteiger partial charge in [0.15, 0.2) is 0 Å². The van der Waals surface area contributed by atoms with Gasteiger partial charge < -0.3 is 10.2 Å². The van der Waals surface area contributed by atoms with Crippen LogP contribution in [0.25, 0.3) is 0 Å². The van der Waals surface area contributed by atoms with Crippen molar-refractivity contribution >= 4 is 5.84 Å². The fraction of sp³-hybridized carbons (Fsp3) is 0.500. The Hall–Kier alpha value is -1.25. The molecule has 0 bridgehead atoms. The zero-order valence-electron chi connectivity index (χ0n) is 8.32. The molecule has 0 aliphatic carbocycles. The normalized spacial score (nSPS) is 14.9. The van der Waals surface area contributed by atoms with Crippen LogP contribution >= 0.6 is 0 Å². The van der Waals surface area contributed by atoms with Gasteiger partial charge >= 0.3 is 0 Å². The molecule has 2 N–H and O–H groups in total. The van der Waals surface area contributed by atoms with Gasteiger partial charge in [-0.05, 0) is 19.1 Å². The zero-order valence-corrected chi connectivity index (χ0v) is 8.32. The van der Waals surface area contributed by atoms with Crippen molar-refractivity contribution in [2.75, 3.05) is 0 Å². The Bertz CT molecular complexity index is 275. The minimum atomic E-state index is 0.0115. The van der Waals surface area contributed by atoms with Crippen LogP contribution in [0, 0.1) is 5.92 Å². The third kappa shape index (κ3) is 2.61. The summed E-state index contributed by atoms with van der Waals surface area (Å²) in [5.74, 6) is 1.81. The van der Waals surface area contributed by atoms with Crippen LogP contribution in [-0.4, -0.2) is 5.84 Å². The third-order valence-electron chi connectivity index (χ3n) is 1.89. The van der Waals surface area contributed by atoms with Gasteiger partial charge in [-0.15, -0.1) is 0 Å². The Morgan fingerprint density at radius 2 is 2.15 bits per heavy atom. The lowest BCUT2D eigenvalue weighted by molar-refractivity contribution is 0.480. The van der Waals surface area contributed by atoms with Gasteiger partial charge in [0.25, 0.3) is 0 Å². The van der Waals surface area contributed by atoms with E-state index >= 15 is 0 Å². The summed E-state index contributed by atoms with van der Waals surface area (Å²) in [7, 11) is 0. The van der Waals surface area contributed by atoms with Gasteiger partial charge in [-0.25, -0.2) is 0 Å². The van der Waals surface area contributed by atoms with Crippen molar-refractivity contribution in [3.05, 3.63) is 24.2 Å². The standard InChI is InChI=1S/C10H16N2O/c1-7(2)10(11)12-8(3)9-5-4-6-13-9/h4-8H,1-3H3,(H2,11,12). The van der Waals surface area contributed by atoms with Crippen molar-refractivity contribution in [2.24, 2.45) is 16.6 Å². The highest BCUT2D eigenvalue weighted by molar-refractivity contribution is 5.82. The molecule has 0 radical (unpaired) electrons. The molecule has 1 heterocycles. The number of hydrogen-bond donors (Lipinski definition) is 1. The maximum Gasteiger partial charge on any atom is 0.128 e. The molecule has 1 unspecified atom stereocenters. The second-order valence-electron chi connectivity index (χ2n) is 3.40. The van der Waals surface area contributed by atoms with Crippen LogP contribution < -0.4 is 5.73 Å². The largest absolute Gasteiger partial charge is 0.467 e. The maximum absolute atomic E-state index is 5.73. The average molecular weight is 180 g/mol. The summed E-state index contributed by atoms with van der Waals surface area (Å²) in [6, 6.07) is 3.77. The summed E-state index contributed by atoms with van der Waals surface area (Å²) in [6.07, 6.45) is 1.65. The van der Waals surface area contributed by atoms with Crippen molar-refractivity contribution in [1.29, 1.82) is 0 Å². The molecular formula is C10H16N2O. The van der Waals surface area contributed by atoms with Crippen LogP contribution in [0.4, 0.5) is 0 Å². The molecule has 0 saturated carbocycles. The Labute approximate surface area is 78.7 Å². The number of aliphatic imine (C=N–C) groups is 1. The summed E-state index contributed by atoms with van der Waals surface area (Å²) in [6.45, 7) is 6.01. The second kappa shape index (κ2) is 4.12. The summed E-state index contributed by atoms with van der Waals surface area (Å²) >= 11 is 0. The van der Waals surface area contributed by atoms with Gasteiger partial charge in [-0.3, -0.25) is 4.99 Å². The van der Waals surface area contributed by atoms with E-state index in [1.165, 1.54) is 0 Å². The van der Waals surface area contributed by atoms with Crippen molar-refractivity contribution in [1.82, 2.24) is 0 Å². The molecule has 0 amide bonds. The average Bonchev–Trinajstić information content (AvgIpc) is 2.55. The van der Waals surface area contributed by atoms with E-state index in [1.54, 1.807) is 6.26 Å². The van der Waals surface area contributed by atoms with E-state index in [0.29, 0.717) is 5.84 Å². The van der Waals surface area contributed by atoms with Crippen LogP contribution in [0.3, 0.4) is 0 Å². The molecule has 0 aromatic carbocycles. The fourth-order valence-corrected chi connectivity index (χ4v) is 0.965. The molecule has 1 aromatic heterocycles. The van der Waals surface area contributed by atoms with Crippen LogP contribution in [-0.2, 0) is 0 Å². The van der Waals surface area contributed by atoms with E-state index < -0.39 is 0 Å². The predicted octanol–water partition coefficient (Wildman–Crippen LogP) is 2.35. The van der Waals surface area contributed by atoms with Gasteiger partial charge in [-0.1, -0.05) is 13.8 Å². The number of hydrogen-bond acceptors (Lipinski definition) is 2. The van der Waals surface area contributed by atoms with Gasteiger partial charge in [0.1, 0.15) is 11.8 Å². The molecule has 0 aliphatic heterocycles. The molecule has 13 heavy (non-hydrogen) atoms. The predicted molar refractivity (Wildman–Crippen MR) is 53.6 cm³/mol. The van der Waals surface area contributed by atoms with Crippen molar-refractivity contribution in [3.8, 4) is 0 Å². The zero-order chi connectivity index (χ0) is 9.84. The molecule has 72 valence electrons. The number of amidine groups is 1. The van der Waals surface area contributed by atoms with Crippen molar-refractivity contribution in [2.45, 2.75) is 26.8 Å². The first kappa shape index (κ1) is 9.84. The molecule has 1 aromatic rings. The topological polar surface area (TPSA) is 51.5 Å². The lowest BCUT2D eigenvalue weighted by Crippen LogP contribution is -2.19. The number of nitrogens with zero attached hydrogens (tertiary/aromatic N) is 1. The minimum absolute atomic E-state index is 0.0115. The molecule has 0 aliphatic rings. The first-order valence-electron chi connectivity index (χ1n) is 4.48. The third-order valence-corrected chi connectivity index (χ3v) is 1.89. The molecule has 0 saturated heterocycles. The minimum Gasteiger partial charge on any atom is -0.467 e. The summed E-state index contributed by atoms with van der Waals surface area (Å²) < 4.78 is 5.21. The molecule has 1 atom stereocenters. The van der Waals surface area contributed by atoms with E-state index in [2.05, 4.69) is 4.99 Å². The Morgan fingerprint density at radius 3 is 2.62 bits per heavy atom. The summed E-state index contributed by atoms with van der Waals surface area (Å²) in [5, 5.41) is 0. The van der Waals surface area contributed by atoms with Crippen molar-refractivity contribution in [3.63, 3.8) is 0 Å². The maximum atomic E-state index is 5.73. The highest BCUT2D eigenvalue weighted by Gasteiger charge is 2.08. The molecule has 0 spiro atoms. The second-order valence-corrected chi connectivity index (χ2v) is 3.40. The highest BCUT2D eigenvalue weighted by Crippen LogP contribution is 2.17. The van der Waals surface area contributed by atoms with E-state index in [9.17, 15) is 0 Å². The lowest BCUT2D eigenvalue weighted by Gasteiger charge is -2.07. The van der Waals surface area contributed by atoms with Gasteiger partial charge in [0.05, 0.1) is 12.1 Å². The van der Waals surface area contributed by atoms with Crippen LogP contribution in [0.15, 0.2) is 27.8 Å². The fourth-order valence-electron chi connectivity index (χ4n) is 0.965. The summed E-state index contributed by atoms with van der Waals surface area (Å²) in [4.78, 5) is 4.32. The Balaban J connectivity index is 2.70. The molecule has 1 rings (SSSR count). The highest BCUT2D eigenvalue weighted by atomic mass is 16.3. The molecule has 3 nitrogen and oxygen atoms in total. The summed E-state index contributed by atoms with van der Waals surface area (Å²) in [5.41, 5.74) is 5.73.